The molecule has 0 N–H and O–H groups in total. The number of hydrogen-bond acceptors (Lipinski definition) is 8. The molecule has 22 heteroatoms. The molecule has 2 amide bonds. The first-order valence-corrected chi connectivity index (χ1v) is 24.2. The van der Waals surface area contributed by atoms with Crippen molar-refractivity contribution < 1.29 is 55.0 Å². The first-order valence-electron chi connectivity index (χ1n) is 22.7. The largest absolute Gasteiger partial charge is 0.469 e. The third-order valence-electron chi connectivity index (χ3n) is 13.1. The average molecular weight is 1080 g/mol. The number of hydrogen-bond donors (Lipinski definition) is 0. The van der Waals surface area contributed by atoms with Crippen LogP contribution in [0.15, 0.2) is 60.9 Å². The number of fused-ring (bicyclic) bond motifs is 2. The number of rotatable bonds is 10. The van der Waals surface area contributed by atoms with Crippen LogP contribution in [0.25, 0.3) is 21.8 Å². The summed E-state index contributed by atoms with van der Waals surface area (Å²) in [5.41, 5.74) is 1.76. The number of aromatic nitrogens is 4. The second kappa shape index (κ2) is 22.3. The number of methoxy groups -OCH3 is 2. The molecular formula is C50H48Cl4F6N6O6. The second-order valence-corrected chi connectivity index (χ2v) is 19.5. The summed E-state index contributed by atoms with van der Waals surface area (Å²) in [7, 11) is 2.71. The lowest BCUT2D eigenvalue weighted by Gasteiger charge is -2.32. The molecule has 384 valence electrons. The summed E-state index contributed by atoms with van der Waals surface area (Å²) in [5.74, 6) is -0.695. The van der Waals surface area contributed by atoms with Crippen LogP contribution in [-0.2, 0) is 44.5 Å². The number of benzene rings is 4. The van der Waals surface area contributed by atoms with E-state index in [0.717, 1.165) is 24.3 Å². The lowest BCUT2D eigenvalue weighted by molar-refractivity contribution is -0.143. The summed E-state index contributed by atoms with van der Waals surface area (Å²) >= 11 is 26.1. The second-order valence-electron chi connectivity index (χ2n) is 17.9. The van der Waals surface area contributed by atoms with Crippen LogP contribution in [0.3, 0.4) is 0 Å². The van der Waals surface area contributed by atoms with Gasteiger partial charge in [0.05, 0.1) is 76.8 Å². The van der Waals surface area contributed by atoms with Gasteiger partial charge in [0, 0.05) is 77.2 Å². The molecule has 2 fully saturated rings. The highest BCUT2D eigenvalue weighted by molar-refractivity contribution is 6.38. The van der Waals surface area contributed by atoms with E-state index >= 15 is 0 Å². The van der Waals surface area contributed by atoms with Gasteiger partial charge >= 0.3 is 24.3 Å². The number of likely N-dealkylation sites (tertiary alicyclic amines) is 2. The number of alkyl halides is 6. The minimum atomic E-state index is -4.46. The van der Waals surface area contributed by atoms with Crippen molar-refractivity contribution in [2.75, 3.05) is 40.4 Å². The van der Waals surface area contributed by atoms with E-state index in [4.69, 9.17) is 55.9 Å². The highest BCUT2D eigenvalue weighted by Gasteiger charge is 2.34. The molecule has 2 aromatic heterocycles. The molecule has 0 aliphatic carbocycles. The fourth-order valence-corrected chi connectivity index (χ4v) is 10.3. The van der Waals surface area contributed by atoms with Crippen molar-refractivity contribution in [2.45, 2.75) is 77.8 Å². The van der Waals surface area contributed by atoms with E-state index in [1.165, 1.54) is 36.0 Å². The van der Waals surface area contributed by atoms with Crippen LogP contribution < -0.4 is 0 Å². The summed E-state index contributed by atoms with van der Waals surface area (Å²) in [4.78, 5) is 52.9. The van der Waals surface area contributed by atoms with Crippen molar-refractivity contribution in [3.8, 4) is 0 Å². The van der Waals surface area contributed by atoms with Gasteiger partial charge in [-0.1, -0.05) is 46.4 Å². The molecule has 4 heterocycles. The standard InChI is InChI=1S/2C25H24Cl2F3N3O3/c1-14-9-17(25(28,29)30)11-16-12-33(31-23(14)16)13-19-20(26)4-3-18(22(19)27)24(35)32-7-5-15(6-8-32)10-21(34)36-2;1-14-9-17(25(28,29)30)11-16-12-31-33(23(14)16)13-19-20(26)4-3-18(22(19)27)24(35)32-7-5-15(6-8-32)10-21(34)36-2/h2*3-4,9,11-12,15H,5-8,10,13H2,1-2H3. The highest BCUT2D eigenvalue weighted by Crippen LogP contribution is 2.37. The number of aryl methyl sites for hydroxylation is 2. The molecule has 0 unspecified atom stereocenters. The minimum Gasteiger partial charge on any atom is -0.469 e. The Balaban J connectivity index is 0.000000211. The maximum Gasteiger partial charge on any atom is 0.416 e. The van der Waals surface area contributed by atoms with Gasteiger partial charge in [-0.3, -0.25) is 28.5 Å². The van der Waals surface area contributed by atoms with Crippen LogP contribution in [0, 0.1) is 25.7 Å². The van der Waals surface area contributed by atoms with Crippen molar-refractivity contribution in [1.29, 1.82) is 0 Å². The number of ether oxygens (including phenoxy) is 2. The smallest absolute Gasteiger partial charge is 0.416 e. The van der Waals surface area contributed by atoms with Crippen molar-refractivity contribution in [2.24, 2.45) is 11.8 Å². The molecule has 0 radical (unpaired) electrons. The number of carbonyl (C=O) groups is 4. The zero-order valence-corrected chi connectivity index (χ0v) is 42.3. The van der Waals surface area contributed by atoms with Gasteiger partial charge in [0.15, 0.2) is 0 Å². The molecule has 0 spiro atoms. The first kappa shape index (κ1) is 54.2. The van der Waals surface area contributed by atoms with Crippen LogP contribution in [0.2, 0.25) is 20.1 Å². The van der Waals surface area contributed by atoms with Gasteiger partial charge in [0.1, 0.15) is 0 Å². The summed E-state index contributed by atoms with van der Waals surface area (Å²) in [5, 5.41) is 10.4. The topological polar surface area (TPSA) is 129 Å². The van der Waals surface area contributed by atoms with Gasteiger partial charge in [-0.05, 0) is 111 Å². The maximum atomic E-state index is 13.2. The van der Waals surface area contributed by atoms with E-state index in [1.807, 2.05) is 0 Å². The zero-order valence-electron chi connectivity index (χ0n) is 39.3. The van der Waals surface area contributed by atoms with Crippen LogP contribution in [0.1, 0.15) is 92.6 Å². The van der Waals surface area contributed by atoms with Crippen molar-refractivity contribution in [3.05, 3.63) is 126 Å². The average Bonchev–Trinajstić information content (AvgIpc) is 3.96. The molecule has 4 aromatic carbocycles. The summed E-state index contributed by atoms with van der Waals surface area (Å²) in [6, 6.07) is 10.5. The minimum absolute atomic E-state index is 0.0788. The summed E-state index contributed by atoms with van der Waals surface area (Å²) in [6.07, 6.45) is -2.69. The Kier molecular flexibility index (Phi) is 16.8. The summed E-state index contributed by atoms with van der Waals surface area (Å²) < 4.78 is 91.7. The van der Waals surface area contributed by atoms with Gasteiger partial charge in [0.25, 0.3) is 11.8 Å². The van der Waals surface area contributed by atoms with Crippen LogP contribution in [-0.4, -0.2) is 93.5 Å². The SMILES string of the molecule is COC(=O)CC1CCN(C(=O)c2ccc(Cl)c(Cn3cc4cc(C(F)(F)F)cc(C)c4n3)c2Cl)CC1.COC(=O)CC1CCN(C(=O)c2ccc(Cl)c(Cn3ncc4cc(C(F)(F)F)cc(C)c43)c2Cl)CC1. The number of piperidine rings is 2. The molecule has 0 saturated carbocycles. The Bertz CT molecular complexity index is 3010. The molecule has 2 aliphatic rings. The predicted molar refractivity (Wildman–Crippen MR) is 261 cm³/mol. The zero-order chi connectivity index (χ0) is 52.4. The highest BCUT2D eigenvalue weighted by atomic mass is 35.5. The quantitative estimate of drug-likeness (QED) is 0.0980. The molecule has 72 heavy (non-hydrogen) atoms. The Labute approximate surface area is 430 Å². The Morgan fingerprint density at radius 2 is 1.08 bits per heavy atom. The molecule has 6 aromatic rings. The molecule has 0 bridgehead atoms. The van der Waals surface area contributed by atoms with Crippen molar-refractivity contribution in [1.82, 2.24) is 29.4 Å². The van der Waals surface area contributed by atoms with E-state index in [9.17, 15) is 45.5 Å². The Morgan fingerprint density at radius 3 is 1.54 bits per heavy atom. The van der Waals surface area contributed by atoms with Crippen LogP contribution in [0.5, 0.6) is 0 Å². The lowest BCUT2D eigenvalue weighted by atomic mass is 9.93. The van der Waals surface area contributed by atoms with E-state index < -0.39 is 23.5 Å². The predicted octanol–water partition coefficient (Wildman–Crippen LogP) is 12.3. The van der Waals surface area contributed by atoms with E-state index in [-0.39, 0.29) is 69.9 Å². The number of halogens is 10. The van der Waals surface area contributed by atoms with Gasteiger partial charge in [-0.15, -0.1) is 0 Å². The van der Waals surface area contributed by atoms with Gasteiger partial charge in [0.2, 0.25) is 0 Å². The Morgan fingerprint density at radius 1 is 0.639 bits per heavy atom. The Hall–Kier alpha value is -5.56. The molecule has 12 nitrogen and oxygen atoms in total. The fraction of sp³-hybridized carbons (Fsp3) is 0.400. The first-order chi connectivity index (χ1) is 34.0. The molecular weight excluding hydrogens is 1040 g/mol. The summed E-state index contributed by atoms with van der Waals surface area (Å²) in [6.45, 7) is 5.26. The number of esters is 2. The van der Waals surface area contributed by atoms with Crippen molar-refractivity contribution >= 4 is 92.0 Å². The fourth-order valence-electron chi connectivity index (χ4n) is 9.12. The number of carbonyl (C=O) groups excluding carboxylic acids is 4. The molecule has 0 atom stereocenters. The van der Waals surface area contributed by atoms with Crippen LogP contribution in [0.4, 0.5) is 26.3 Å². The molecule has 8 rings (SSSR count). The third-order valence-corrected chi connectivity index (χ3v) is 14.6. The van der Waals surface area contributed by atoms with Gasteiger partial charge < -0.3 is 19.3 Å². The molecule has 2 saturated heterocycles. The van der Waals surface area contributed by atoms with Crippen LogP contribution >= 0.6 is 46.4 Å². The lowest BCUT2D eigenvalue weighted by Crippen LogP contribution is -2.39. The normalized spacial score (nSPS) is 14.9. The van der Waals surface area contributed by atoms with Gasteiger partial charge in [-0.2, -0.15) is 36.5 Å². The monoisotopic (exact) mass is 1080 g/mol. The van der Waals surface area contributed by atoms with Crippen molar-refractivity contribution in [3.63, 3.8) is 0 Å². The third kappa shape index (κ3) is 12.3. The number of nitrogens with zero attached hydrogens (tertiary/aromatic N) is 6. The van der Waals surface area contributed by atoms with E-state index in [1.54, 1.807) is 47.9 Å². The van der Waals surface area contributed by atoms with E-state index in [0.29, 0.717) is 119 Å². The number of amides is 2. The van der Waals surface area contributed by atoms with E-state index in [2.05, 4.69) is 10.2 Å². The van der Waals surface area contributed by atoms with Gasteiger partial charge in [-0.25, -0.2) is 0 Å². The maximum absolute atomic E-state index is 13.2. The molecule has 2 aliphatic heterocycles.